The Kier molecular flexibility index (Phi) is 8.92. The Morgan fingerprint density at radius 1 is 1.26 bits per heavy atom. The topological polar surface area (TPSA) is 70.6 Å². The first-order valence-corrected chi connectivity index (χ1v) is 9.17. The highest BCUT2D eigenvalue weighted by Crippen LogP contribution is 2.20. The number of alkyl carbamates (subject to hydrolysis) is 1. The van der Waals surface area contributed by atoms with Crippen molar-refractivity contribution in [1.82, 2.24) is 10.6 Å². The van der Waals surface area contributed by atoms with E-state index in [9.17, 15) is 4.79 Å². The zero-order valence-electron chi connectivity index (χ0n) is 15.4. The van der Waals surface area contributed by atoms with Crippen LogP contribution in [0.25, 0.3) is 0 Å². The molecule has 0 saturated heterocycles. The van der Waals surface area contributed by atoms with Crippen molar-refractivity contribution in [2.75, 3.05) is 13.2 Å². The molecular weight excluding hydrogens is 292 g/mol. The van der Waals surface area contributed by atoms with E-state index in [1.165, 1.54) is 0 Å². The summed E-state index contributed by atoms with van der Waals surface area (Å²) < 4.78 is 5.34. The Morgan fingerprint density at radius 2 is 1.96 bits per heavy atom. The van der Waals surface area contributed by atoms with Gasteiger partial charge in [-0.25, -0.2) is 4.79 Å². The maximum absolute atomic E-state index is 11.9. The fourth-order valence-corrected chi connectivity index (χ4v) is 3.25. The number of amides is 1. The average molecular weight is 328 g/mol. The summed E-state index contributed by atoms with van der Waals surface area (Å²) in [4.78, 5) is 11.9. The van der Waals surface area contributed by atoms with Gasteiger partial charge in [0, 0.05) is 18.7 Å². The highest BCUT2D eigenvalue weighted by Gasteiger charge is 2.25. The molecule has 1 aliphatic carbocycles. The van der Waals surface area contributed by atoms with E-state index in [4.69, 9.17) is 9.84 Å². The van der Waals surface area contributed by atoms with Gasteiger partial charge in [0.05, 0.1) is 0 Å². The molecule has 1 amide bonds. The molecule has 1 saturated carbocycles. The number of carbonyl (C=O) groups is 1. The van der Waals surface area contributed by atoms with Gasteiger partial charge in [0.2, 0.25) is 0 Å². The lowest BCUT2D eigenvalue weighted by Gasteiger charge is -2.32. The van der Waals surface area contributed by atoms with Gasteiger partial charge >= 0.3 is 6.09 Å². The zero-order chi connectivity index (χ0) is 17.3. The van der Waals surface area contributed by atoms with E-state index in [0.29, 0.717) is 12.0 Å². The van der Waals surface area contributed by atoms with Crippen LogP contribution in [0.1, 0.15) is 72.6 Å². The SMILES string of the molecule is CCCC(CCO)CNC1CCCC(NC(=O)OC(C)(C)C)C1. The van der Waals surface area contributed by atoms with Crippen LogP contribution in [0.2, 0.25) is 0 Å². The zero-order valence-corrected chi connectivity index (χ0v) is 15.4. The summed E-state index contributed by atoms with van der Waals surface area (Å²) >= 11 is 0. The molecule has 0 radical (unpaired) electrons. The number of aliphatic hydroxyl groups excluding tert-OH is 1. The van der Waals surface area contributed by atoms with Crippen molar-refractivity contribution < 1.29 is 14.6 Å². The molecule has 5 heteroatoms. The molecule has 5 nitrogen and oxygen atoms in total. The van der Waals surface area contributed by atoms with Crippen LogP contribution in [0.5, 0.6) is 0 Å². The summed E-state index contributed by atoms with van der Waals surface area (Å²) in [6, 6.07) is 0.639. The van der Waals surface area contributed by atoms with Crippen molar-refractivity contribution in [2.24, 2.45) is 5.92 Å². The summed E-state index contributed by atoms with van der Waals surface area (Å²) in [5.74, 6) is 0.546. The second kappa shape index (κ2) is 10.1. The van der Waals surface area contributed by atoms with E-state index in [-0.39, 0.29) is 18.7 Å². The molecule has 0 heterocycles. The Bertz CT molecular complexity index is 336. The molecule has 1 aliphatic rings. The van der Waals surface area contributed by atoms with Gasteiger partial charge < -0.3 is 20.5 Å². The number of carbonyl (C=O) groups excluding carboxylic acids is 1. The highest BCUT2D eigenvalue weighted by atomic mass is 16.6. The predicted octanol–water partition coefficient (Wildman–Crippen LogP) is 3.21. The molecule has 3 atom stereocenters. The van der Waals surface area contributed by atoms with Crippen molar-refractivity contribution >= 4 is 6.09 Å². The summed E-state index contributed by atoms with van der Waals surface area (Å²) in [6.07, 6.45) is 7.12. The van der Waals surface area contributed by atoms with Gasteiger partial charge in [-0.3, -0.25) is 0 Å². The molecule has 136 valence electrons. The molecule has 0 aromatic heterocycles. The molecule has 23 heavy (non-hydrogen) atoms. The van der Waals surface area contributed by atoms with Gasteiger partial charge in [0.25, 0.3) is 0 Å². The van der Waals surface area contributed by atoms with E-state index in [0.717, 1.165) is 51.5 Å². The fourth-order valence-electron chi connectivity index (χ4n) is 3.25. The second-order valence-electron chi connectivity index (χ2n) is 7.78. The Morgan fingerprint density at radius 3 is 2.57 bits per heavy atom. The van der Waals surface area contributed by atoms with Crippen molar-refractivity contribution in [2.45, 2.75) is 90.3 Å². The van der Waals surface area contributed by atoms with E-state index < -0.39 is 5.60 Å². The first kappa shape index (κ1) is 20.2. The average Bonchev–Trinajstić information content (AvgIpc) is 2.43. The smallest absolute Gasteiger partial charge is 0.407 e. The quantitative estimate of drug-likeness (QED) is 0.640. The van der Waals surface area contributed by atoms with Gasteiger partial charge in [0.1, 0.15) is 5.60 Å². The van der Waals surface area contributed by atoms with Gasteiger partial charge in [0.15, 0.2) is 0 Å². The molecule has 1 rings (SSSR count). The number of ether oxygens (including phenoxy) is 1. The molecular formula is C18H36N2O3. The fraction of sp³-hybridized carbons (Fsp3) is 0.944. The highest BCUT2D eigenvalue weighted by molar-refractivity contribution is 5.68. The number of aliphatic hydroxyl groups is 1. The van der Waals surface area contributed by atoms with Crippen LogP contribution in [-0.4, -0.2) is 42.0 Å². The molecule has 3 unspecified atom stereocenters. The third kappa shape index (κ3) is 9.16. The van der Waals surface area contributed by atoms with Crippen LogP contribution in [0.3, 0.4) is 0 Å². The van der Waals surface area contributed by atoms with E-state index in [1.807, 2.05) is 20.8 Å². The van der Waals surface area contributed by atoms with E-state index in [2.05, 4.69) is 17.6 Å². The van der Waals surface area contributed by atoms with Gasteiger partial charge in [-0.1, -0.05) is 13.3 Å². The Balaban J connectivity index is 2.35. The molecule has 0 bridgehead atoms. The lowest BCUT2D eigenvalue weighted by atomic mass is 9.90. The molecule has 0 aromatic rings. The van der Waals surface area contributed by atoms with Gasteiger partial charge in [-0.2, -0.15) is 0 Å². The third-order valence-electron chi connectivity index (χ3n) is 4.32. The molecule has 0 aliphatic heterocycles. The van der Waals surface area contributed by atoms with Crippen molar-refractivity contribution in [3.05, 3.63) is 0 Å². The van der Waals surface area contributed by atoms with Crippen LogP contribution >= 0.6 is 0 Å². The lowest BCUT2D eigenvalue weighted by molar-refractivity contribution is 0.0488. The monoisotopic (exact) mass is 328 g/mol. The van der Waals surface area contributed by atoms with Crippen molar-refractivity contribution in [3.63, 3.8) is 0 Å². The van der Waals surface area contributed by atoms with Crippen LogP contribution < -0.4 is 10.6 Å². The maximum Gasteiger partial charge on any atom is 0.407 e. The summed E-state index contributed by atoms with van der Waals surface area (Å²) in [6.45, 7) is 9.05. The minimum absolute atomic E-state index is 0.193. The van der Waals surface area contributed by atoms with Crippen LogP contribution in [0, 0.1) is 5.92 Å². The normalized spacial score (nSPS) is 23.3. The van der Waals surface area contributed by atoms with Crippen LogP contribution in [0.4, 0.5) is 4.79 Å². The minimum Gasteiger partial charge on any atom is -0.444 e. The van der Waals surface area contributed by atoms with E-state index >= 15 is 0 Å². The maximum atomic E-state index is 11.9. The first-order chi connectivity index (χ1) is 10.8. The van der Waals surface area contributed by atoms with Crippen molar-refractivity contribution in [3.8, 4) is 0 Å². The third-order valence-corrected chi connectivity index (χ3v) is 4.32. The Hall–Kier alpha value is -0.810. The lowest BCUT2D eigenvalue weighted by Crippen LogP contribution is -2.46. The number of hydrogen-bond acceptors (Lipinski definition) is 4. The number of nitrogens with one attached hydrogen (secondary N) is 2. The standard InChI is InChI=1S/C18H36N2O3/c1-5-7-14(10-11-21)13-19-15-8-6-9-16(12-15)20-17(22)23-18(2,3)4/h14-16,19,21H,5-13H2,1-4H3,(H,20,22). The molecule has 0 aromatic carbocycles. The van der Waals surface area contributed by atoms with Crippen molar-refractivity contribution in [1.29, 1.82) is 0 Å². The second-order valence-corrected chi connectivity index (χ2v) is 7.78. The first-order valence-electron chi connectivity index (χ1n) is 9.17. The Labute approximate surface area is 141 Å². The minimum atomic E-state index is -0.450. The molecule has 3 N–H and O–H groups in total. The molecule has 1 fully saturated rings. The van der Waals surface area contributed by atoms with Gasteiger partial charge in [-0.05, 0) is 71.8 Å². The number of hydrogen-bond donors (Lipinski definition) is 3. The van der Waals surface area contributed by atoms with Gasteiger partial charge in [-0.15, -0.1) is 0 Å². The van der Waals surface area contributed by atoms with Crippen LogP contribution in [-0.2, 0) is 4.74 Å². The number of rotatable bonds is 8. The largest absolute Gasteiger partial charge is 0.444 e. The summed E-state index contributed by atoms with van der Waals surface area (Å²) in [5, 5.41) is 15.8. The predicted molar refractivity (Wildman–Crippen MR) is 93.5 cm³/mol. The van der Waals surface area contributed by atoms with Crippen LogP contribution in [0.15, 0.2) is 0 Å². The molecule has 0 spiro atoms. The summed E-state index contributed by atoms with van der Waals surface area (Å²) in [5.41, 5.74) is -0.450. The summed E-state index contributed by atoms with van der Waals surface area (Å²) in [7, 11) is 0. The van der Waals surface area contributed by atoms with E-state index in [1.54, 1.807) is 0 Å².